The quantitative estimate of drug-likeness (QED) is 0.584. The lowest BCUT2D eigenvalue weighted by Gasteiger charge is -2.52. The van der Waals surface area contributed by atoms with Crippen molar-refractivity contribution >= 4 is 5.91 Å². The lowest BCUT2D eigenvalue weighted by atomic mass is 9.69. The first-order valence-corrected chi connectivity index (χ1v) is 5.45. The van der Waals surface area contributed by atoms with Gasteiger partial charge in [0, 0.05) is 19.0 Å². The summed E-state index contributed by atoms with van der Waals surface area (Å²) in [5.41, 5.74) is 0.280. The molecule has 1 unspecified atom stereocenters. The Morgan fingerprint density at radius 2 is 1.79 bits per heavy atom. The van der Waals surface area contributed by atoms with Gasteiger partial charge in [-0.05, 0) is 31.6 Å². The molecule has 0 radical (unpaired) electrons. The minimum atomic E-state index is 0.0285. The zero-order chi connectivity index (χ0) is 11.1. The monoisotopic (exact) mass is 197 g/mol. The van der Waals surface area contributed by atoms with Crippen LogP contribution in [0.2, 0.25) is 0 Å². The van der Waals surface area contributed by atoms with Gasteiger partial charge in [0.15, 0.2) is 0 Å². The molecule has 0 aliphatic carbocycles. The molecule has 0 spiro atoms. The molecular formula is C12H23NO. The highest BCUT2D eigenvalue weighted by Crippen LogP contribution is 2.41. The van der Waals surface area contributed by atoms with Crippen molar-refractivity contribution < 1.29 is 4.79 Å². The lowest BCUT2D eigenvalue weighted by Crippen LogP contribution is -2.57. The first-order chi connectivity index (χ1) is 6.17. The van der Waals surface area contributed by atoms with E-state index in [1.54, 1.807) is 6.92 Å². The first-order valence-electron chi connectivity index (χ1n) is 5.45. The zero-order valence-corrected chi connectivity index (χ0v) is 10.3. The van der Waals surface area contributed by atoms with Crippen LogP contribution in [0.25, 0.3) is 0 Å². The zero-order valence-electron chi connectivity index (χ0n) is 10.3. The highest BCUT2D eigenvalue weighted by atomic mass is 16.2. The van der Waals surface area contributed by atoms with Gasteiger partial charge in [-0.3, -0.25) is 4.79 Å². The molecule has 1 aliphatic rings. The SMILES string of the molecule is CC(=O)N1CC(C)(C)C(C)CC1(C)C. The van der Waals surface area contributed by atoms with E-state index in [2.05, 4.69) is 34.6 Å². The Morgan fingerprint density at radius 1 is 1.29 bits per heavy atom. The Hall–Kier alpha value is -0.530. The van der Waals surface area contributed by atoms with E-state index < -0.39 is 0 Å². The van der Waals surface area contributed by atoms with Gasteiger partial charge >= 0.3 is 0 Å². The van der Waals surface area contributed by atoms with Crippen molar-refractivity contribution in [3.8, 4) is 0 Å². The van der Waals surface area contributed by atoms with E-state index in [1.165, 1.54) is 0 Å². The maximum absolute atomic E-state index is 11.5. The second-order valence-corrected chi connectivity index (χ2v) is 6.01. The van der Waals surface area contributed by atoms with E-state index in [1.807, 2.05) is 4.90 Å². The number of likely N-dealkylation sites (tertiary alicyclic amines) is 1. The Kier molecular flexibility index (Phi) is 2.68. The molecule has 1 saturated heterocycles. The fraction of sp³-hybridized carbons (Fsp3) is 0.917. The van der Waals surface area contributed by atoms with Gasteiger partial charge < -0.3 is 4.90 Å². The third kappa shape index (κ3) is 1.94. The van der Waals surface area contributed by atoms with Crippen molar-refractivity contribution in [3.05, 3.63) is 0 Å². The van der Waals surface area contributed by atoms with E-state index in [-0.39, 0.29) is 16.9 Å². The molecule has 0 aromatic rings. The molecule has 2 heteroatoms. The molecule has 1 rings (SSSR count). The molecule has 1 aliphatic heterocycles. The number of nitrogens with zero attached hydrogens (tertiary/aromatic N) is 1. The van der Waals surface area contributed by atoms with E-state index >= 15 is 0 Å². The fourth-order valence-electron chi connectivity index (χ4n) is 2.45. The number of piperidine rings is 1. The predicted molar refractivity (Wildman–Crippen MR) is 59.0 cm³/mol. The summed E-state index contributed by atoms with van der Waals surface area (Å²) < 4.78 is 0. The smallest absolute Gasteiger partial charge is 0.219 e. The van der Waals surface area contributed by atoms with Gasteiger partial charge in [-0.15, -0.1) is 0 Å². The van der Waals surface area contributed by atoms with Crippen molar-refractivity contribution in [2.24, 2.45) is 11.3 Å². The standard InChI is InChI=1S/C12H23NO/c1-9-7-12(5,6)13(10(2)14)8-11(9,3)4/h9H,7-8H2,1-6H3. The molecule has 0 aromatic carbocycles. The van der Waals surface area contributed by atoms with Gasteiger partial charge in [0.1, 0.15) is 0 Å². The molecule has 1 heterocycles. The predicted octanol–water partition coefficient (Wildman–Crippen LogP) is 2.68. The number of hydrogen-bond acceptors (Lipinski definition) is 1. The summed E-state index contributed by atoms with van der Waals surface area (Å²) in [5, 5.41) is 0. The van der Waals surface area contributed by atoms with Crippen molar-refractivity contribution in [3.63, 3.8) is 0 Å². The number of carbonyl (C=O) groups is 1. The minimum Gasteiger partial charge on any atom is -0.337 e. The Balaban J connectivity index is 2.92. The second kappa shape index (κ2) is 3.25. The number of amides is 1. The third-order valence-corrected chi connectivity index (χ3v) is 3.82. The Bertz CT molecular complexity index is 243. The van der Waals surface area contributed by atoms with E-state index in [4.69, 9.17) is 0 Å². The molecule has 0 N–H and O–H groups in total. The van der Waals surface area contributed by atoms with Crippen LogP contribution in [0.3, 0.4) is 0 Å². The van der Waals surface area contributed by atoms with Crippen LogP contribution in [0.15, 0.2) is 0 Å². The molecule has 14 heavy (non-hydrogen) atoms. The summed E-state index contributed by atoms with van der Waals surface area (Å²) in [7, 11) is 0. The van der Waals surface area contributed by atoms with E-state index in [0.29, 0.717) is 5.92 Å². The molecule has 0 bridgehead atoms. The average Bonchev–Trinajstić information content (AvgIpc) is 1.96. The summed E-state index contributed by atoms with van der Waals surface area (Å²) in [6, 6.07) is 0. The van der Waals surface area contributed by atoms with Gasteiger partial charge in [0.2, 0.25) is 5.91 Å². The van der Waals surface area contributed by atoms with Crippen LogP contribution in [0.1, 0.15) is 48.0 Å². The molecular weight excluding hydrogens is 174 g/mol. The number of carbonyl (C=O) groups excluding carboxylic acids is 1. The van der Waals surface area contributed by atoms with E-state index in [9.17, 15) is 4.79 Å². The molecule has 2 nitrogen and oxygen atoms in total. The fourth-order valence-corrected chi connectivity index (χ4v) is 2.45. The van der Waals surface area contributed by atoms with Crippen molar-refractivity contribution in [2.45, 2.75) is 53.5 Å². The molecule has 1 fully saturated rings. The lowest BCUT2D eigenvalue weighted by molar-refractivity contribution is -0.142. The number of rotatable bonds is 0. The molecule has 1 atom stereocenters. The maximum atomic E-state index is 11.5. The number of hydrogen-bond donors (Lipinski definition) is 0. The largest absolute Gasteiger partial charge is 0.337 e. The molecule has 0 saturated carbocycles. The highest BCUT2D eigenvalue weighted by molar-refractivity contribution is 5.74. The molecule has 0 aromatic heterocycles. The van der Waals surface area contributed by atoms with E-state index in [0.717, 1.165) is 13.0 Å². The summed E-state index contributed by atoms with van der Waals surface area (Å²) >= 11 is 0. The molecule has 82 valence electrons. The summed E-state index contributed by atoms with van der Waals surface area (Å²) in [6.07, 6.45) is 1.10. The summed E-state index contributed by atoms with van der Waals surface area (Å²) in [6.45, 7) is 13.7. The Labute approximate surface area is 87.7 Å². The van der Waals surface area contributed by atoms with Gasteiger partial charge in [0.05, 0.1) is 0 Å². The van der Waals surface area contributed by atoms with Crippen molar-refractivity contribution in [1.82, 2.24) is 4.90 Å². The van der Waals surface area contributed by atoms with Crippen LogP contribution < -0.4 is 0 Å². The van der Waals surface area contributed by atoms with Gasteiger partial charge in [-0.2, -0.15) is 0 Å². The van der Waals surface area contributed by atoms with Crippen LogP contribution in [0.5, 0.6) is 0 Å². The van der Waals surface area contributed by atoms with Gasteiger partial charge in [-0.1, -0.05) is 20.8 Å². The van der Waals surface area contributed by atoms with Crippen LogP contribution in [-0.2, 0) is 4.79 Å². The van der Waals surface area contributed by atoms with Crippen molar-refractivity contribution in [1.29, 1.82) is 0 Å². The van der Waals surface area contributed by atoms with Crippen LogP contribution in [0, 0.1) is 11.3 Å². The van der Waals surface area contributed by atoms with Crippen LogP contribution in [0.4, 0.5) is 0 Å². The Morgan fingerprint density at radius 3 is 2.21 bits per heavy atom. The summed E-state index contributed by atoms with van der Waals surface area (Å²) in [5.74, 6) is 0.878. The second-order valence-electron chi connectivity index (χ2n) is 6.01. The summed E-state index contributed by atoms with van der Waals surface area (Å²) in [4.78, 5) is 13.6. The average molecular weight is 197 g/mol. The normalized spacial score (nSPS) is 30.1. The maximum Gasteiger partial charge on any atom is 0.219 e. The van der Waals surface area contributed by atoms with Crippen molar-refractivity contribution in [2.75, 3.05) is 6.54 Å². The van der Waals surface area contributed by atoms with Crippen LogP contribution >= 0.6 is 0 Å². The molecule has 1 amide bonds. The third-order valence-electron chi connectivity index (χ3n) is 3.82. The first kappa shape index (κ1) is 11.5. The van der Waals surface area contributed by atoms with Crippen LogP contribution in [-0.4, -0.2) is 22.9 Å². The highest BCUT2D eigenvalue weighted by Gasteiger charge is 2.43. The van der Waals surface area contributed by atoms with Gasteiger partial charge in [-0.25, -0.2) is 0 Å². The minimum absolute atomic E-state index is 0.0285. The topological polar surface area (TPSA) is 20.3 Å². The van der Waals surface area contributed by atoms with Gasteiger partial charge in [0.25, 0.3) is 0 Å².